The van der Waals surface area contributed by atoms with Gasteiger partial charge in [-0.1, -0.05) is 20.8 Å². The summed E-state index contributed by atoms with van der Waals surface area (Å²) in [5, 5.41) is 0. The van der Waals surface area contributed by atoms with Gasteiger partial charge in [0.25, 0.3) is 0 Å². The van der Waals surface area contributed by atoms with Crippen LogP contribution in [0.3, 0.4) is 0 Å². The molecule has 0 N–H and O–H groups in total. The minimum Gasteiger partial charge on any atom is -0.497 e. The lowest BCUT2D eigenvalue weighted by atomic mass is 10.1. The number of rotatable bonds is 5. The first kappa shape index (κ1) is 14.9. The van der Waals surface area contributed by atoms with Crippen LogP contribution in [0.1, 0.15) is 31.1 Å². The minimum atomic E-state index is 0.0820. The Morgan fingerprint density at radius 3 is 2.00 bits per heavy atom. The van der Waals surface area contributed by atoms with Crippen molar-refractivity contribution in [2.24, 2.45) is 0 Å². The maximum absolute atomic E-state index is 12.1. The van der Waals surface area contributed by atoms with Gasteiger partial charge >= 0.3 is 0 Å². The van der Waals surface area contributed by atoms with Gasteiger partial charge < -0.3 is 9.47 Å². The van der Waals surface area contributed by atoms with E-state index in [9.17, 15) is 4.79 Å². The van der Waals surface area contributed by atoms with Gasteiger partial charge in [-0.2, -0.15) is 0 Å². The summed E-state index contributed by atoms with van der Waals surface area (Å²) in [7, 11) is 3.15. The van der Waals surface area contributed by atoms with E-state index in [0.717, 1.165) is 0 Å². The summed E-state index contributed by atoms with van der Waals surface area (Å²) >= 11 is 1.63. The van der Waals surface area contributed by atoms with Gasteiger partial charge in [0, 0.05) is 16.4 Å². The molecule has 0 aliphatic rings. The number of benzene rings is 1. The number of Topliss-reactive ketones (excluding diaryl/α,β-unsaturated/α-hetero) is 1. The predicted octanol–water partition coefficient (Wildman–Crippen LogP) is 3.42. The highest BCUT2D eigenvalue weighted by molar-refractivity contribution is 8.01. The van der Waals surface area contributed by atoms with Crippen LogP contribution in [0.4, 0.5) is 0 Å². The molecule has 18 heavy (non-hydrogen) atoms. The molecule has 0 radical (unpaired) electrons. The van der Waals surface area contributed by atoms with Crippen molar-refractivity contribution in [2.75, 3.05) is 20.0 Å². The fourth-order valence-corrected chi connectivity index (χ4v) is 2.06. The smallest absolute Gasteiger partial charge is 0.173 e. The molecule has 0 aromatic heterocycles. The first-order valence-electron chi connectivity index (χ1n) is 5.76. The van der Waals surface area contributed by atoms with Crippen molar-refractivity contribution in [3.05, 3.63) is 23.8 Å². The van der Waals surface area contributed by atoms with Crippen LogP contribution in [0.25, 0.3) is 0 Å². The van der Waals surface area contributed by atoms with Crippen molar-refractivity contribution in [3.8, 4) is 11.5 Å². The molecule has 4 heteroatoms. The lowest BCUT2D eigenvalue weighted by Crippen LogP contribution is -2.13. The van der Waals surface area contributed by atoms with Gasteiger partial charge in [-0.3, -0.25) is 4.79 Å². The number of carbonyl (C=O) groups is 1. The number of ketones is 1. The van der Waals surface area contributed by atoms with Crippen molar-refractivity contribution >= 4 is 17.5 Å². The zero-order valence-corrected chi connectivity index (χ0v) is 12.4. The second-order valence-corrected chi connectivity index (χ2v) is 6.73. The SMILES string of the molecule is COc1cc(OC)cc(C(=O)CSC(C)(C)C)c1. The summed E-state index contributed by atoms with van der Waals surface area (Å²) in [5.41, 5.74) is 0.628. The Kier molecular flexibility index (Phi) is 5.08. The van der Waals surface area contributed by atoms with Crippen LogP contribution in [0, 0.1) is 0 Å². The first-order chi connectivity index (χ1) is 8.35. The van der Waals surface area contributed by atoms with Crippen molar-refractivity contribution in [3.63, 3.8) is 0 Å². The normalized spacial score (nSPS) is 11.2. The summed E-state index contributed by atoms with van der Waals surface area (Å²) in [6, 6.07) is 5.25. The lowest BCUT2D eigenvalue weighted by Gasteiger charge is -2.17. The Labute approximate surface area is 113 Å². The van der Waals surface area contributed by atoms with Gasteiger partial charge in [-0.15, -0.1) is 11.8 Å². The van der Waals surface area contributed by atoms with Crippen molar-refractivity contribution in [1.29, 1.82) is 0 Å². The molecule has 3 nitrogen and oxygen atoms in total. The molecule has 0 spiro atoms. The van der Waals surface area contributed by atoms with Crippen molar-refractivity contribution in [1.82, 2.24) is 0 Å². The van der Waals surface area contributed by atoms with E-state index < -0.39 is 0 Å². The Morgan fingerprint density at radius 1 is 1.11 bits per heavy atom. The number of methoxy groups -OCH3 is 2. The molecule has 0 saturated carbocycles. The van der Waals surface area contributed by atoms with Crippen LogP contribution < -0.4 is 9.47 Å². The second kappa shape index (κ2) is 6.14. The van der Waals surface area contributed by atoms with Gasteiger partial charge in [0.15, 0.2) is 5.78 Å². The zero-order valence-electron chi connectivity index (χ0n) is 11.6. The lowest BCUT2D eigenvalue weighted by molar-refractivity contribution is 0.102. The quantitative estimate of drug-likeness (QED) is 0.767. The standard InChI is InChI=1S/C14H20O3S/c1-14(2,3)18-9-13(15)10-6-11(16-4)8-12(7-10)17-5/h6-8H,9H2,1-5H3. The van der Waals surface area contributed by atoms with Crippen LogP contribution >= 0.6 is 11.8 Å². The molecule has 1 aromatic rings. The van der Waals surface area contributed by atoms with E-state index in [1.165, 1.54) is 0 Å². The summed E-state index contributed by atoms with van der Waals surface area (Å²) in [4.78, 5) is 12.1. The summed E-state index contributed by atoms with van der Waals surface area (Å²) in [5.74, 6) is 1.82. The summed E-state index contributed by atoms with van der Waals surface area (Å²) in [6.07, 6.45) is 0. The molecule has 0 amide bonds. The van der Waals surface area contributed by atoms with E-state index in [2.05, 4.69) is 20.8 Å². The molecule has 0 saturated heterocycles. The van der Waals surface area contributed by atoms with E-state index in [4.69, 9.17) is 9.47 Å². The number of thioether (sulfide) groups is 1. The maximum atomic E-state index is 12.1. The highest BCUT2D eigenvalue weighted by atomic mass is 32.2. The van der Waals surface area contributed by atoms with Gasteiger partial charge in [-0.25, -0.2) is 0 Å². The molecule has 0 atom stereocenters. The largest absolute Gasteiger partial charge is 0.497 e. The third-order valence-electron chi connectivity index (χ3n) is 2.31. The second-order valence-electron chi connectivity index (χ2n) is 4.93. The molecular formula is C14H20O3S. The third kappa shape index (κ3) is 4.61. The zero-order chi connectivity index (χ0) is 13.8. The van der Waals surface area contributed by atoms with Gasteiger partial charge in [-0.05, 0) is 12.1 Å². The molecule has 0 fully saturated rings. The highest BCUT2D eigenvalue weighted by Crippen LogP contribution is 2.27. The average Bonchev–Trinajstić information content (AvgIpc) is 2.34. The van der Waals surface area contributed by atoms with Gasteiger partial charge in [0.2, 0.25) is 0 Å². The molecule has 0 unspecified atom stereocenters. The Morgan fingerprint density at radius 2 is 1.61 bits per heavy atom. The van der Waals surface area contributed by atoms with Crippen molar-refractivity contribution in [2.45, 2.75) is 25.5 Å². The van der Waals surface area contributed by atoms with Crippen LogP contribution in [-0.4, -0.2) is 30.5 Å². The molecule has 1 rings (SSSR count). The maximum Gasteiger partial charge on any atom is 0.173 e. The number of hydrogen-bond acceptors (Lipinski definition) is 4. The number of carbonyl (C=O) groups excluding carboxylic acids is 1. The molecule has 0 aliphatic heterocycles. The van der Waals surface area contributed by atoms with Crippen LogP contribution in [0.2, 0.25) is 0 Å². The Bertz CT molecular complexity index is 399. The Hall–Kier alpha value is -1.16. The van der Waals surface area contributed by atoms with E-state index in [1.807, 2.05) is 0 Å². The van der Waals surface area contributed by atoms with Gasteiger partial charge in [0.05, 0.1) is 20.0 Å². The fourth-order valence-electron chi connectivity index (χ4n) is 1.33. The average molecular weight is 268 g/mol. The first-order valence-corrected chi connectivity index (χ1v) is 6.74. The van der Waals surface area contributed by atoms with Crippen LogP contribution in [0.5, 0.6) is 11.5 Å². The van der Waals surface area contributed by atoms with Crippen molar-refractivity contribution < 1.29 is 14.3 Å². The fraction of sp³-hybridized carbons (Fsp3) is 0.500. The summed E-state index contributed by atoms with van der Waals surface area (Å²) < 4.78 is 10.4. The minimum absolute atomic E-state index is 0.0820. The van der Waals surface area contributed by atoms with E-state index in [-0.39, 0.29) is 10.5 Å². The molecule has 0 bridgehead atoms. The molecular weight excluding hydrogens is 248 g/mol. The monoisotopic (exact) mass is 268 g/mol. The number of hydrogen-bond donors (Lipinski definition) is 0. The molecule has 100 valence electrons. The molecule has 0 heterocycles. The molecule has 1 aromatic carbocycles. The van der Waals surface area contributed by atoms with E-state index >= 15 is 0 Å². The number of ether oxygens (including phenoxy) is 2. The summed E-state index contributed by atoms with van der Waals surface area (Å²) in [6.45, 7) is 6.28. The van der Waals surface area contributed by atoms with E-state index in [0.29, 0.717) is 22.8 Å². The third-order valence-corrected chi connectivity index (χ3v) is 3.58. The molecule has 0 aliphatic carbocycles. The topological polar surface area (TPSA) is 35.5 Å². The highest BCUT2D eigenvalue weighted by Gasteiger charge is 2.15. The van der Waals surface area contributed by atoms with Crippen LogP contribution in [-0.2, 0) is 0 Å². The Balaban J connectivity index is 2.84. The predicted molar refractivity (Wildman–Crippen MR) is 76.1 cm³/mol. The van der Waals surface area contributed by atoms with Gasteiger partial charge in [0.1, 0.15) is 11.5 Å². The van der Waals surface area contributed by atoms with E-state index in [1.54, 1.807) is 44.2 Å². The van der Waals surface area contributed by atoms with Crippen LogP contribution in [0.15, 0.2) is 18.2 Å².